The maximum Gasteiger partial charge on any atom is 0.317 e. The number of carbonyl (C=O) groups excluding carboxylic acids is 1. The fourth-order valence-electron chi connectivity index (χ4n) is 1.81. The minimum atomic E-state index is -0.147. The molecule has 2 rings (SSSR count). The van der Waals surface area contributed by atoms with Crippen molar-refractivity contribution in [3.05, 3.63) is 35.2 Å². The smallest absolute Gasteiger partial charge is 0.317 e. The van der Waals surface area contributed by atoms with Gasteiger partial charge < -0.3 is 14.6 Å². The third-order valence-corrected chi connectivity index (χ3v) is 3.25. The van der Waals surface area contributed by atoms with Crippen LogP contribution in [-0.2, 0) is 6.54 Å². The number of hydrogen-bond donors (Lipinski definition) is 1. The topological polar surface area (TPSA) is 71.3 Å². The predicted octanol–water partition coefficient (Wildman–Crippen LogP) is 2.94. The molecule has 0 radical (unpaired) electrons. The molecule has 0 fully saturated rings. The highest BCUT2D eigenvalue weighted by Crippen LogP contribution is 2.20. The molecule has 1 aromatic heterocycles. The molecule has 6 nitrogen and oxygen atoms in total. The van der Waals surface area contributed by atoms with E-state index in [1.807, 2.05) is 13.8 Å². The zero-order valence-electron chi connectivity index (χ0n) is 12.0. The predicted molar refractivity (Wildman–Crippen MR) is 79.9 cm³/mol. The largest absolute Gasteiger partial charge is 0.419 e. The van der Waals surface area contributed by atoms with Gasteiger partial charge in [0, 0.05) is 23.7 Å². The Bertz CT molecular complexity index is 593. The van der Waals surface area contributed by atoms with Crippen molar-refractivity contribution in [2.45, 2.75) is 20.4 Å². The molecule has 2 amide bonds. The molecular weight excluding hydrogens is 292 g/mol. The van der Waals surface area contributed by atoms with Crippen LogP contribution in [0.5, 0.6) is 0 Å². The summed E-state index contributed by atoms with van der Waals surface area (Å²) in [6, 6.07) is 6.96. The summed E-state index contributed by atoms with van der Waals surface area (Å²) in [5.41, 5.74) is 0.785. The average Bonchev–Trinajstić information content (AvgIpc) is 2.96. The van der Waals surface area contributed by atoms with E-state index in [2.05, 4.69) is 15.5 Å². The normalized spacial score (nSPS) is 10.4. The lowest BCUT2D eigenvalue weighted by molar-refractivity contribution is 0.201. The van der Waals surface area contributed by atoms with E-state index in [1.54, 1.807) is 29.2 Å². The van der Waals surface area contributed by atoms with E-state index < -0.39 is 0 Å². The van der Waals surface area contributed by atoms with Crippen LogP contribution in [-0.4, -0.2) is 34.2 Å². The molecule has 112 valence electrons. The summed E-state index contributed by atoms with van der Waals surface area (Å²) in [5, 5.41) is 11.3. The van der Waals surface area contributed by atoms with Crippen molar-refractivity contribution in [2.75, 3.05) is 13.1 Å². The third kappa shape index (κ3) is 3.95. The number of benzene rings is 1. The van der Waals surface area contributed by atoms with E-state index in [0.29, 0.717) is 29.9 Å². The van der Waals surface area contributed by atoms with Gasteiger partial charge in [-0.3, -0.25) is 0 Å². The molecule has 0 saturated heterocycles. The number of aromatic nitrogens is 2. The minimum absolute atomic E-state index is 0.147. The highest BCUT2D eigenvalue weighted by atomic mass is 35.5. The van der Waals surface area contributed by atoms with E-state index in [9.17, 15) is 4.79 Å². The summed E-state index contributed by atoms with van der Waals surface area (Å²) < 4.78 is 5.51. The fraction of sp³-hybridized carbons (Fsp3) is 0.357. The monoisotopic (exact) mass is 308 g/mol. The summed E-state index contributed by atoms with van der Waals surface area (Å²) in [7, 11) is 0. The van der Waals surface area contributed by atoms with Gasteiger partial charge in [-0.05, 0) is 38.1 Å². The van der Waals surface area contributed by atoms with Crippen molar-refractivity contribution in [2.24, 2.45) is 0 Å². The van der Waals surface area contributed by atoms with Crippen molar-refractivity contribution < 1.29 is 9.21 Å². The molecule has 0 bridgehead atoms. The molecular formula is C14H17ClN4O2. The zero-order valence-corrected chi connectivity index (χ0v) is 12.7. The Morgan fingerprint density at radius 1 is 1.24 bits per heavy atom. The molecule has 0 atom stereocenters. The molecule has 0 aliphatic heterocycles. The number of rotatable bonds is 5. The van der Waals surface area contributed by atoms with Crippen LogP contribution in [0, 0.1) is 0 Å². The number of hydrogen-bond acceptors (Lipinski definition) is 4. The molecule has 0 spiro atoms. The standard InChI is InChI=1S/C14H17ClN4O2/c1-3-19(4-2)14(20)16-9-12-17-18-13(21-12)10-5-7-11(15)8-6-10/h5-8H,3-4,9H2,1-2H3,(H,16,20). The van der Waals surface area contributed by atoms with Crippen molar-refractivity contribution in [1.82, 2.24) is 20.4 Å². The van der Waals surface area contributed by atoms with Gasteiger partial charge in [-0.25, -0.2) is 4.79 Å². The summed E-state index contributed by atoms with van der Waals surface area (Å²) in [6.45, 7) is 5.36. The third-order valence-electron chi connectivity index (χ3n) is 3.00. The van der Waals surface area contributed by atoms with Crippen LogP contribution >= 0.6 is 11.6 Å². The van der Waals surface area contributed by atoms with Crippen LogP contribution < -0.4 is 5.32 Å². The second-order valence-corrected chi connectivity index (χ2v) is 4.78. The van der Waals surface area contributed by atoms with Gasteiger partial charge in [0.05, 0.1) is 6.54 Å². The first-order valence-corrected chi connectivity index (χ1v) is 7.13. The first kappa shape index (κ1) is 15.3. The summed E-state index contributed by atoms with van der Waals surface area (Å²) >= 11 is 5.83. The molecule has 0 saturated carbocycles. The molecule has 2 aromatic rings. The molecule has 7 heteroatoms. The van der Waals surface area contributed by atoms with Gasteiger partial charge in [-0.1, -0.05) is 11.6 Å². The van der Waals surface area contributed by atoms with Gasteiger partial charge in [-0.2, -0.15) is 0 Å². The Morgan fingerprint density at radius 2 is 1.90 bits per heavy atom. The van der Waals surface area contributed by atoms with Gasteiger partial charge in [0.15, 0.2) is 0 Å². The van der Waals surface area contributed by atoms with Gasteiger partial charge in [0.1, 0.15) is 0 Å². The molecule has 0 aliphatic carbocycles. The average molecular weight is 309 g/mol. The number of urea groups is 1. The van der Waals surface area contributed by atoms with Crippen molar-refractivity contribution >= 4 is 17.6 Å². The van der Waals surface area contributed by atoms with Crippen molar-refractivity contribution in [3.63, 3.8) is 0 Å². The minimum Gasteiger partial charge on any atom is -0.419 e. The molecule has 1 aromatic carbocycles. The van der Waals surface area contributed by atoms with Crippen LogP contribution in [0.2, 0.25) is 5.02 Å². The molecule has 0 unspecified atom stereocenters. The quantitative estimate of drug-likeness (QED) is 0.922. The first-order valence-electron chi connectivity index (χ1n) is 6.75. The van der Waals surface area contributed by atoms with Gasteiger partial charge in [0.2, 0.25) is 11.8 Å². The number of carbonyl (C=O) groups is 1. The Labute approximate surface area is 128 Å². The number of nitrogens with one attached hydrogen (secondary N) is 1. The number of amides is 2. The van der Waals surface area contributed by atoms with Crippen molar-refractivity contribution in [1.29, 1.82) is 0 Å². The first-order chi connectivity index (χ1) is 10.1. The maximum atomic E-state index is 11.8. The summed E-state index contributed by atoms with van der Waals surface area (Å²) in [5.74, 6) is 0.763. The Morgan fingerprint density at radius 3 is 2.52 bits per heavy atom. The molecule has 0 aliphatic rings. The molecule has 21 heavy (non-hydrogen) atoms. The van der Waals surface area contributed by atoms with Crippen LogP contribution in [0.3, 0.4) is 0 Å². The Kier molecular flexibility index (Phi) is 5.16. The van der Waals surface area contributed by atoms with Crippen LogP contribution in [0.15, 0.2) is 28.7 Å². The van der Waals surface area contributed by atoms with E-state index in [0.717, 1.165) is 5.56 Å². The number of halogens is 1. The van der Waals surface area contributed by atoms with Crippen molar-refractivity contribution in [3.8, 4) is 11.5 Å². The van der Waals surface area contributed by atoms with Crippen LogP contribution in [0.25, 0.3) is 11.5 Å². The van der Waals surface area contributed by atoms with E-state index in [-0.39, 0.29) is 12.6 Å². The SMILES string of the molecule is CCN(CC)C(=O)NCc1nnc(-c2ccc(Cl)cc2)o1. The van der Waals surface area contributed by atoms with Crippen LogP contribution in [0.1, 0.15) is 19.7 Å². The second kappa shape index (κ2) is 7.08. The summed E-state index contributed by atoms with van der Waals surface area (Å²) in [4.78, 5) is 13.5. The van der Waals surface area contributed by atoms with Gasteiger partial charge in [0.25, 0.3) is 0 Å². The van der Waals surface area contributed by atoms with E-state index >= 15 is 0 Å². The second-order valence-electron chi connectivity index (χ2n) is 4.34. The van der Waals surface area contributed by atoms with E-state index in [4.69, 9.17) is 16.0 Å². The Hall–Kier alpha value is -2.08. The highest BCUT2D eigenvalue weighted by Gasteiger charge is 2.12. The zero-order chi connectivity index (χ0) is 15.2. The lowest BCUT2D eigenvalue weighted by atomic mass is 10.2. The maximum absolute atomic E-state index is 11.8. The highest BCUT2D eigenvalue weighted by molar-refractivity contribution is 6.30. The summed E-state index contributed by atoms with van der Waals surface area (Å²) in [6.07, 6.45) is 0. The van der Waals surface area contributed by atoms with Gasteiger partial charge >= 0.3 is 6.03 Å². The fourth-order valence-corrected chi connectivity index (χ4v) is 1.93. The molecule has 1 heterocycles. The van der Waals surface area contributed by atoms with Crippen LogP contribution in [0.4, 0.5) is 4.79 Å². The molecule has 1 N–H and O–H groups in total. The van der Waals surface area contributed by atoms with Gasteiger partial charge in [-0.15, -0.1) is 10.2 Å². The number of nitrogens with zero attached hydrogens (tertiary/aromatic N) is 3. The Balaban J connectivity index is 1.97. The lowest BCUT2D eigenvalue weighted by Crippen LogP contribution is -2.39. The lowest BCUT2D eigenvalue weighted by Gasteiger charge is -2.18. The van der Waals surface area contributed by atoms with E-state index in [1.165, 1.54) is 0 Å².